The second-order valence-electron chi connectivity index (χ2n) is 4.26. The van der Waals surface area contributed by atoms with Gasteiger partial charge in [0, 0.05) is 18.7 Å². The molecular formula is C14H20Cl2N2O2. The maximum atomic E-state index is 12.0. The molecule has 0 atom stereocenters. The van der Waals surface area contributed by atoms with Crippen molar-refractivity contribution in [1.82, 2.24) is 10.2 Å². The van der Waals surface area contributed by atoms with Crippen LogP contribution in [0.4, 0.5) is 0 Å². The van der Waals surface area contributed by atoms with Crippen LogP contribution >= 0.6 is 23.2 Å². The predicted molar refractivity (Wildman–Crippen MR) is 83.1 cm³/mol. The highest BCUT2D eigenvalue weighted by Gasteiger charge is 2.13. The molecule has 0 aliphatic rings. The molecule has 1 aromatic rings. The monoisotopic (exact) mass is 318 g/mol. The highest BCUT2D eigenvalue weighted by molar-refractivity contribution is 6.43. The molecule has 1 N–H and O–H groups in total. The van der Waals surface area contributed by atoms with Crippen molar-refractivity contribution in [2.24, 2.45) is 0 Å². The summed E-state index contributed by atoms with van der Waals surface area (Å²) in [5, 5.41) is 3.48. The van der Waals surface area contributed by atoms with Crippen molar-refractivity contribution in [3.63, 3.8) is 0 Å². The van der Waals surface area contributed by atoms with Gasteiger partial charge in [0.2, 0.25) is 0 Å². The summed E-state index contributed by atoms with van der Waals surface area (Å²) in [6, 6.07) is 3.13. The normalized spacial score (nSPS) is 10.7. The Hall–Kier alpha value is -0.970. The lowest BCUT2D eigenvalue weighted by atomic mass is 10.2. The number of likely N-dealkylation sites (N-methyl/N-ethyl adjacent to an activating group) is 1. The maximum absolute atomic E-state index is 12.0. The number of rotatable bonds is 7. The van der Waals surface area contributed by atoms with Crippen molar-refractivity contribution in [3.8, 4) is 5.75 Å². The molecule has 0 spiro atoms. The van der Waals surface area contributed by atoms with Crippen molar-refractivity contribution in [1.29, 1.82) is 0 Å². The molecule has 0 saturated heterocycles. The number of hydrogen-bond acceptors (Lipinski definition) is 3. The van der Waals surface area contributed by atoms with Crippen LogP contribution in [0, 0.1) is 0 Å². The average molecular weight is 319 g/mol. The van der Waals surface area contributed by atoms with E-state index in [4.69, 9.17) is 27.9 Å². The zero-order valence-electron chi connectivity index (χ0n) is 12.0. The maximum Gasteiger partial charge on any atom is 0.251 e. The van der Waals surface area contributed by atoms with Crippen LogP contribution in [-0.4, -0.2) is 44.1 Å². The molecule has 1 rings (SSSR count). The van der Waals surface area contributed by atoms with Gasteiger partial charge in [-0.2, -0.15) is 0 Å². The fourth-order valence-electron chi connectivity index (χ4n) is 1.81. The minimum absolute atomic E-state index is 0.186. The quantitative estimate of drug-likeness (QED) is 0.840. The Morgan fingerprint density at radius 1 is 1.30 bits per heavy atom. The standard InChI is InChI=1S/C14H20Cl2N2O2/c1-4-18(5-2)7-6-17-14(19)10-8-11(15)13(16)12(9-10)20-3/h8-9H,4-7H2,1-3H3,(H,17,19). The van der Waals surface area contributed by atoms with Crippen LogP contribution in [0.3, 0.4) is 0 Å². The van der Waals surface area contributed by atoms with Gasteiger partial charge >= 0.3 is 0 Å². The van der Waals surface area contributed by atoms with E-state index in [0.29, 0.717) is 27.9 Å². The first-order valence-corrected chi connectivity index (χ1v) is 7.32. The zero-order chi connectivity index (χ0) is 15.1. The number of halogens is 2. The number of amides is 1. The summed E-state index contributed by atoms with van der Waals surface area (Å²) in [6.45, 7) is 7.52. The summed E-state index contributed by atoms with van der Waals surface area (Å²) in [5.41, 5.74) is 0.441. The third-order valence-corrected chi connectivity index (χ3v) is 3.87. The zero-order valence-corrected chi connectivity index (χ0v) is 13.5. The van der Waals surface area contributed by atoms with E-state index in [0.717, 1.165) is 19.6 Å². The average Bonchev–Trinajstić information content (AvgIpc) is 2.46. The molecule has 0 saturated carbocycles. The van der Waals surface area contributed by atoms with Gasteiger partial charge in [-0.1, -0.05) is 37.0 Å². The van der Waals surface area contributed by atoms with E-state index in [2.05, 4.69) is 24.1 Å². The Kier molecular flexibility index (Phi) is 7.13. The van der Waals surface area contributed by atoms with E-state index in [9.17, 15) is 4.79 Å². The van der Waals surface area contributed by atoms with Crippen LogP contribution in [-0.2, 0) is 0 Å². The van der Waals surface area contributed by atoms with Gasteiger partial charge in [-0.25, -0.2) is 0 Å². The van der Waals surface area contributed by atoms with Gasteiger partial charge in [0.05, 0.1) is 12.1 Å². The van der Waals surface area contributed by atoms with Crippen molar-refractivity contribution in [3.05, 3.63) is 27.7 Å². The van der Waals surface area contributed by atoms with E-state index in [1.165, 1.54) is 7.11 Å². The van der Waals surface area contributed by atoms with Crippen molar-refractivity contribution in [2.75, 3.05) is 33.3 Å². The van der Waals surface area contributed by atoms with E-state index < -0.39 is 0 Å². The number of carbonyl (C=O) groups is 1. The Morgan fingerprint density at radius 3 is 2.50 bits per heavy atom. The fourth-order valence-corrected chi connectivity index (χ4v) is 2.21. The molecule has 0 heterocycles. The molecule has 0 unspecified atom stereocenters. The van der Waals surface area contributed by atoms with Crippen LogP contribution < -0.4 is 10.1 Å². The van der Waals surface area contributed by atoms with Crippen molar-refractivity contribution < 1.29 is 9.53 Å². The largest absolute Gasteiger partial charge is 0.495 e. The summed E-state index contributed by atoms with van der Waals surface area (Å²) in [5.74, 6) is 0.210. The first-order chi connectivity index (χ1) is 9.53. The molecule has 0 radical (unpaired) electrons. The summed E-state index contributed by atoms with van der Waals surface area (Å²) in [4.78, 5) is 14.3. The topological polar surface area (TPSA) is 41.6 Å². The Balaban J connectivity index is 2.66. The molecule has 20 heavy (non-hydrogen) atoms. The van der Waals surface area contributed by atoms with Gasteiger partial charge in [0.25, 0.3) is 5.91 Å². The van der Waals surface area contributed by atoms with Crippen LogP contribution in [0.2, 0.25) is 10.0 Å². The number of methoxy groups -OCH3 is 1. The molecule has 0 fully saturated rings. The Morgan fingerprint density at radius 2 is 1.95 bits per heavy atom. The highest BCUT2D eigenvalue weighted by atomic mass is 35.5. The molecule has 1 amide bonds. The Bertz CT molecular complexity index is 463. The van der Waals surface area contributed by atoms with Gasteiger partial charge in [-0.3, -0.25) is 4.79 Å². The molecule has 0 bridgehead atoms. The number of hydrogen-bond donors (Lipinski definition) is 1. The van der Waals surface area contributed by atoms with Crippen molar-refractivity contribution in [2.45, 2.75) is 13.8 Å². The van der Waals surface area contributed by atoms with Crippen LogP contribution in [0.25, 0.3) is 0 Å². The molecule has 1 aromatic carbocycles. The second kappa shape index (κ2) is 8.35. The molecule has 112 valence electrons. The molecule has 0 aliphatic heterocycles. The molecule has 0 aliphatic carbocycles. The molecule has 0 aromatic heterocycles. The number of nitrogens with zero attached hydrogens (tertiary/aromatic N) is 1. The van der Waals surface area contributed by atoms with Gasteiger partial charge in [0.15, 0.2) is 0 Å². The first kappa shape index (κ1) is 17.1. The first-order valence-electron chi connectivity index (χ1n) is 6.57. The number of nitrogens with one attached hydrogen (secondary N) is 1. The predicted octanol–water partition coefficient (Wildman–Crippen LogP) is 3.07. The Labute approximate surface area is 130 Å². The van der Waals surface area contributed by atoms with Gasteiger partial charge in [-0.15, -0.1) is 0 Å². The van der Waals surface area contributed by atoms with Crippen LogP contribution in [0.15, 0.2) is 12.1 Å². The van der Waals surface area contributed by atoms with E-state index in [1.807, 2.05) is 0 Å². The van der Waals surface area contributed by atoms with E-state index >= 15 is 0 Å². The SMILES string of the molecule is CCN(CC)CCNC(=O)c1cc(Cl)c(Cl)c(OC)c1. The lowest BCUT2D eigenvalue weighted by Crippen LogP contribution is -2.34. The molecule has 4 nitrogen and oxygen atoms in total. The fraction of sp³-hybridized carbons (Fsp3) is 0.500. The summed E-state index contributed by atoms with van der Waals surface area (Å²) in [6.07, 6.45) is 0. The van der Waals surface area contributed by atoms with Crippen molar-refractivity contribution >= 4 is 29.1 Å². The minimum atomic E-state index is -0.186. The van der Waals surface area contributed by atoms with Gasteiger partial charge in [0.1, 0.15) is 10.8 Å². The lowest BCUT2D eigenvalue weighted by molar-refractivity contribution is 0.0948. The second-order valence-corrected chi connectivity index (χ2v) is 5.04. The van der Waals surface area contributed by atoms with E-state index in [-0.39, 0.29) is 5.91 Å². The number of ether oxygens (including phenoxy) is 1. The van der Waals surface area contributed by atoms with Crippen LogP contribution in [0.1, 0.15) is 24.2 Å². The number of benzene rings is 1. The number of carbonyl (C=O) groups excluding carboxylic acids is 1. The summed E-state index contributed by atoms with van der Waals surface area (Å²) in [7, 11) is 1.49. The molecule has 6 heteroatoms. The smallest absolute Gasteiger partial charge is 0.251 e. The highest BCUT2D eigenvalue weighted by Crippen LogP contribution is 2.33. The van der Waals surface area contributed by atoms with Gasteiger partial charge < -0.3 is 15.0 Å². The summed E-state index contributed by atoms with van der Waals surface area (Å²) >= 11 is 11.9. The third kappa shape index (κ3) is 4.54. The lowest BCUT2D eigenvalue weighted by Gasteiger charge is -2.18. The van der Waals surface area contributed by atoms with E-state index in [1.54, 1.807) is 12.1 Å². The minimum Gasteiger partial charge on any atom is -0.495 e. The third-order valence-electron chi connectivity index (χ3n) is 3.08. The van der Waals surface area contributed by atoms with Crippen LogP contribution in [0.5, 0.6) is 5.75 Å². The summed E-state index contributed by atoms with van der Waals surface area (Å²) < 4.78 is 5.09. The molecular weight excluding hydrogens is 299 g/mol. The van der Waals surface area contributed by atoms with Gasteiger partial charge in [-0.05, 0) is 25.2 Å².